The summed E-state index contributed by atoms with van der Waals surface area (Å²) in [6.45, 7) is 4.78. The van der Waals surface area contributed by atoms with Crippen molar-refractivity contribution in [3.8, 4) is 43.1 Å². The van der Waals surface area contributed by atoms with Gasteiger partial charge in [-0.2, -0.15) is 0 Å². The van der Waals surface area contributed by atoms with Gasteiger partial charge in [-0.1, -0.05) is 147 Å². The molecular weight excluding hydrogens is 609 g/mol. The zero-order valence-corrected chi connectivity index (χ0v) is 28.3. The van der Waals surface area contributed by atoms with E-state index in [4.69, 9.17) is 0 Å². The molecule has 49 heavy (non-hydrogen) atoms. The Morgan fingerprint density at radius 3 is 1.55 bits per heavy atom. The van der Waals surface area contributed by atoms with E-state index in [9.17, 15) is 0 Å². The zero-order valence-electron chi connectivity index (χ0n) is 27.5. The summed E-state index contributed by atoms with van der Waals surface area (Å²) in [6.07, 6.45) is 0.972. The lowest BCUT2D eigenvalue weighted by Crippen LogP contribution is -2.23. The van der Waals surface area contributed by atoms with Gasteiger partial charge in [0.15, 0.2) is 0 Å². The molecule has 0 aliphatic heterocycles. The van der Waals surface area contributed by atoms with Crippen molar-refractivity contribution in [2.75, 3.05) is 0 Å². The summed E-state index contributed by atoms with van der Waals surface area (Å²) in [4.78, 5) is 2.64. The summed E-state index contributed by atoms with van der Waals surface area (Å²) in [6, 6.07) is 54.9. The first-order valence-corrected chi connectivity index (χ1v) is 18.1. The van der Waals surface area contributed by atoms with Gasteiger partial charge in [0.25, 0.3) is 0 Å². The second-order valence-electron chi connectivity index (χ2n) is 14.3. The molecule has 1 heteroatoms. The molecule has 0 nitrogen and oxygen atoms in total. The highest BCUT2D eigenvalue weighted by molar-refractivity contribution is 7.19. The Hall–Kier alpha value is -5.50. The first kappa shape index (κ1) is 27.5. The van der Waals surface area contributed by atoms with E-state index in [1.54, 1.807) is 0 Å². The molecule has 9 aromatic rings. The fourth-order valence-corrected chi connectivity index (χ4v) is 10.6. The first-order chi connectivity index (χ1) is 24.1. The Bertz CT molecular complexity index is 2880. The maximum Gasteiger partial charge on any atom is 0.0361 e. The smallest absolute Gasteiger partial charge is 0.0361 e. The Balaban J connectivity index is 1.22. The predicted molar refractivity (Wildman–Crippen MR) is 211 cm³/mol. The predicted octanol–water partition coefficient (Wildman–Crippen LogP) is 13.6. The maximum absolute atomic E-state index is 2.39. The van der Waals surface area contributed by atoms with Crippen LogP contribution < -0.4 is 0 Å². The number of hydrogen-bond donors (Lipinski definition) is 0. The van der Waals surface area contributed by atoms with E-state index >= 15 is 0 Å². The molecule has 1 aromatic heterocycles. The highest BCUT2D eigenvalue weighted by Crippen LogP contribution is 2.55. The van der Waals surface area contributed by atoms with Crippen molar-refractivity contribution in [1.82, 2.24) is 0 Å². The molecule has 0 fully saturated rings. The number of thiophene rings is 1. The lowest BCUT2D eigenvalue weighted by atomic mass is 9.67. The third-order valence-electron chi connectivity index (χ3n) is 11.5. The van der Waals surface area contributed by atoms with Crippen LogP contribution in [0.5, 0.6) is 0 Å². The third-order valence-corrected chi connectivity index (χ3v) is 12.6. The number of fused-ring (bicyclic) bond motifs is 8. The van der Waals surface area contributed by atoms with Crippen molar-refractivity contribution in [1.29, 1.82) is 0 Å². The molecule has 2 aliphatic rings. The summed E-state index contributed by atoms with van der Waals surface area (Å²) < 4.78 is 0. The van der Waals surface area contributed by atoms with Crippen LogP contribution in [0, 0.1) is 0 Å². The minimum atomic E-state index is -0.0929. The fourth-order valence-electron chi connectivity index (χ4n) is 9.41. The van der Waals surface area contributed by atoms with Crippen molar-refractivity contribution in [3.05, 3.63) is 168 Å². The van der Waals surface area contributed by atoms with E-state index < -0.39 is 0 Å². The van der Waals surface area contributed by atoms with Crippen molar-refractivity contribution in [2.24, 2.45) is 0 Å². The van der Waals surface area contributed by atoms with Crippen LogP contribution in [0.1, 0.15) is 36.1 Å². The van der Waals surface area contributed by atoms with E-state index in [1.807, 2.05) is 11.3 Å². The van der Waals surface area contributed by atoms with Gasteiger partial charge in [-0.3, -0.25) is 0 Å². The van der Waals surface area contributed by atoms with Gasteiger partial charge in [0, 0.05) is 26.3 Å². The van der Waals surface area contributed by atoms with Crippen LogP contribution in [0.25, 0.3) is 86.2 Å². The number of benzene rings is 8. The normalized spacial score (nSPS) is 14.0. The number of hydrogen-bond acceptors (Lipinski definition) is 1. The van der Waals surface area contributed by atoms with Crippen LogP contribution in [-0.4, -0.2) is 0 Å². The van der Waals surface area contributed by atoms with Gasteiger partial charge in [-0.25, -0.2) is 0 Å². The van der Waals surface area contributed by atoms with Crippen LogP contribution in [0.2, 0.25) is 0 Å². The lowest BCUT2D eigenvalue weighted by molar-refractivity contribution is 0.645. The van der Waals surface area contributed by atoms with Crippen LogP contribution >= 0.6 is 11.3 Å². The van der Waals surface area contributed by atoms with Gasteiger partial charge in [-0.05, 0) is 106 Å². The average molecular weight is 641 g/mol. The van der Waals surface area contributed by atoms with E-state index in [2.05, 4.69) is 159 Å². The van der Waals surface area contributed by atoms with Gasteiger partial charge in [-0.15, -0.1) is 11.3 Å². The second kappa shape index (κ2) is 9.78. The molecule has 8 aromatic carbocycles. The molecule has 0 saturated heterocycles. The molecule has 0 N–H and O–H groups in total. The molecule has 230 valence electrons. The van der Waals surface area contributed by atoms with Crippen molar-refractivity contribution in [3.63, 3.8) is 0 Å². The van der Waals surface area contributed by atoms with Gasteiger partial charge in [0.05, 0.1) is 0 Å². The molecule has 0 spiro atoms. The summed E-state index contributed by atoms with van der Waals surface area (Å²) in [5.41, 5.74) is 13.8. The van der Waals surface area contributed by atoms with Crippen LogP contribution in [0.4, 0.5) is 0 Å². The van der Waals surface area contributed by atoms with Crippen molar-refractivity contribution < 1.29 is 0 Å². The summed E-state index contributed by atoms with van der Waals surface area (Å²) >= 11 is 1.94. The molecule has 0 amide bonds. The largest absolute Gasteiger partial charge is 0.135 e. The van der Waals surface area contributed by atoms with E-state index in [0.29, 0.717) is 0 Å². The zero-order chi connectivity index (χ0) is 32.4. The number of rotatable bonds is 2. The summed E-state index contributed by atoms with van der Waals surface area (Å²) in [7, 11) is 0. The molecule has 11 rings (SSSR count). The summed E-state index contributed by atoms with van der Waals surface area (Å²) in [5.74, 6) is 0. The molecule has 0 atom stereocenters. The SMILES string of the molecule is CC1(C)c2ccccc2-c2c3ccccc3c(-c3ccc(-c4c5ccccc5c5c6c(cccc46)Cc4ccccc4-5)s3)c3cccc1c23. The topological polar surface area (TPSA) is 0 Å². The average Bonchev–Trinajstić information content (AvgIpc) is 3.62. The highest BCUT2D eigenvalue weighted by atomic mass is 32.1. The van der Waals surface area contributed by atoms with Crippen LogP contribution in [-0.2, 0) is 11.8 Å². The highest BCUT2D eigenvalue weighted by Gasteiger charge is 2.35. The Labute approximate surface area is 289 Å². The summed E-state index contributed by atoms with van der Waals surface area (Å²) in [5, 5.41) is 10.8. The molecule has 0 bridgehead atoms. The second-order valence-corrected chi connectivity index (χ2v) is 15.4. The monoisotopic (exact) mass is 640 g/mol. The fraction of sp³-hybridized carbons (Fsp3) is 0.0833. The molecule has 1 heterocycles. The van der Waals surface area contributed by atoms with Crippen molar-refractivity contribution >= 4 is 54.4 Å². The molecule has 2 aliphatic carbocycles. The molecule has 0 saturated carbocycles. The van der Waals surface area contributed by atoms with Crippen molar-refractivity contribution in [2.45, 2.75) is 25.7 Å². The Morgan fingerprint density at radius 2 is 0.857 bits per heavy atom. The standard InChI is InChI=1S/C48H32S/c1-48(2)38-23-10-9-20-35(38)46-34-19-8-6-17-32(34)44(37-22-12-24-39(48)47(37)46)41-26-25-40(49-41)43-31-16-5-7-18-33(31)45-30-15-4-3-13-28(30)27-29-14-11-21-36(43)42(29)45/h3-26H,27H2,1-2H3. The minimum Gasteiger partial charge on any atom is -0.135 e. The van der Waals surface area contributed by atoms with Gasteiger partial charge in [0.2, 0.25) is 0 Å². The molecular formula is C48H32S. The Morgan fingerprint density at radius 1 is 0.388 bits per heavy atom. The van der Waals surface area contributed by atoms with E-state index in [1.165, 1.54) is 108 Å². The third kappa shape index (κ3) is 3.58. The minimum absolute atomic E-state index is 0.0929. The van der Waals surface area contributed by atoms with E-state index in [0.717, 1.165) is 6.42 Å². The quantitative estimate of drug-likeness (QED) is 0.165. The molecule has 0 radical (unpaired) electrons. The molecule has 0 unspecified atom stereocenters. The van der Waals surface area contributed by atoms with E-state index in [-0.39, 0.29) is 5.41 Å². The maximum atomic E-state index is 2.39. The van der Waals surface area contributed by atoms with Gasteiger partial charge in [0.1, 0.15) is 0 Å². The van der Waals surface area contributed by atoms with Crippen LogP contribution in [0.15, 0.2) is 146 Å². The van der Waals surface area contributed by atoms with Gasteiger partial charge < -0.3 is 0 Å². The lowest BCUT2D eigenvalue weighted by Gasteiger charge is -2.36. The first-order valence-electron chi connectivity index (χ1n) is 17.3. The van der Waals surface area contributed by atoms with Gasteiger partial charge >= 0.3 is 0 Å². The Kier molecular flexibility index (Phi) is 5.48. The van der Waals surface area contributed by atoms with Crippen LogP contribution in [0.3, 0.4) is 0 Å².